The summed E-state index contributed by atoms with van der Waals surface area (Å²) >= 11 is 6.62. The smallest absolute Gasteiger partial charge is 0.348 e. The molecule has 4 rings (SSSR count). The van der Waals surface area contributed by atoms with Crippen molar-refractivity contribution in [2.75, 3.05) is 20.3 Å². The van der Waals surface area contributed by atoms with Crippen molar-refractivity contribution in [1.82, 2.24) is 4.98 Å². The maximum atomic E-state index is 12.1. The zero-order chi connectivity index (χ0) is 23.4. The molecule has 2 aliphatic rings. The number of nitrogens with zero attached hydrogens (tertiary/aromatic N) is 1. The van der Waals surface area contributed by atoms with E-state index in [1.54, 1.807) is 6.07 Å². The van der Waals surface area contributed by atoms with Gasteiger partial charge in [-0.25, -0.2) is 9.78 Å². The lowest BCUT2D eigenvalue weighted by Gasteiger charge is -2.33. The summed E-state index contributed by atoms with van der Waals surface area (Å²) in [6, 6.07) is 7.46. The molecule has 0 unspecified atom stereocenters. The highest BCUT2D eigenvalue weighted by Crippen LogP contribution is 2.39. The molecule has 178 valence electrons. The number of aliphatic carboxylic acids is 1. The quantitative estimate of drug-likeness (QED) is 0.562. The molecule has 0 bridgehead atoms. The first-order chi connectivity index (χ1) is 15.9. The van der Waals surface area contributed by atoms with Crippen molar-refractivity contribution in [3.05, 3.63) is 40.5 Å². The SMILES string of the molecule is COc1nc(C)cc(-c2ccc(OC3(C(=O)O)CCOCC3)cc2COC2CCCC2)c1Cl. The van der Waals surface area contributed by atoms with Crippen molar-refractivity contribution in [3.8, 4) is 22.8 Å². The predicted molar refractivity (Wildman–Crippen MR) is 124 cm³/mol. The van der Waals surface area contributed by atoms with E-state index in [0.29, 0.717) is 49.3 Å². The lowest BCUT2D eigenvalue weighted by molar-refractivity contribution is -0.163. The van der Waals surface area contributed by atoms with Crippen LogP contribution in [0.2, 0.25) is 5.02 Å². The van der Waals surface area contributed by atoms with E-state index < -0.39 is 11.6 Å². The maximum Gasteiger partial charge on any atom is 0.348 e. The van der Waals surface area contributed by atoms with E-state index in [1.807, 2.05) is 25.1 Å². The molecule has 0 amide bonds. The fourth-order valence-electron chi connectivity index (χ4n) is 4.52. The zero-order valence-electron chi connectivity index (χ0n) is 19.1. The molecular formula is C25H30ClNO6. The number of halogens is 1. The van der Waals surface area contributed by atoms with Crippen LogP contribution in [-0.2, 0) is 20.9 Å². The first-order valence-corrected chi connectivity index (χ1v) is 11.8. The van der Waals surface area contributed by atoms with Crippen LogP contribution < -0.4 is 9.47 Å². The van der Waals surface area contributed by atoms with Crippen molar-refractivity contribution < 1.29 is 28.8 Å². The number of aromatic nitrogens is 1. The molecule has 1 saturated heterocycles. The molecule has 7 nitrogen and oxygen atoms in total. The average molecular weight is 476 g/mol. The number of rotatable bonds is 8. The minimum atomic E-state index is -1.29. The number of carboxylic acids is 1. The molecule has 1 N–H and O–H groups in total. The average Bonchev–Trinajstić information content (AvgIpc) is 3.33. The van der Waals surface area contributed by atoms with Gasteiger partial charge in [0.15, 0.2) is 0 Å². The third-order valence-corrected chi connectivity index (χ3v) is 6.76. The number of carboxylic acid groups (broad SMARTS) is 1. The van der Waals surface area contributed by atoms with Crippen molar-refractivity contribution in [1.29, 1.82) is 0 Å². The Morgan fingerprint density at radius 1 is 1.21 bits per heavy atom. The van der Waals surface area contributed by atoms with E-state index in [-0.39, 0.29) is 6.10 Å². The fraction of sp³-hybridized carbons (Fsp3) is 0.520. The van der Waals surface area contributed by atoms with Crippen molar-refractivity contribution >= 4 is 17.6 Å². The lowest BCUT2D eigenvalue weighted by Crippen LogP contribution is -2.49. The van der Waals surface area contributed by atoms with E-state index in [4.69, 9.17) is 30.5 Å². The van der Waals surface area contributed by atoms with E-state index in [2.05, 4.69) is 4.98 Å². The maximum absolute atomic E-state index is 12.1. The molecule has 2 heterocycles. The Labute approximate surface area is 199 Å². The van der Waals surface area contributed by atoms with Gasteiger partial charge >= 0.3 is 5.97 Å². The Bertz CT molecular complexity index is 999. The highest BCUT2D eigenvalue weighted by molar-refractivity contribution is 6.34. The predicted octanol–water partition coefficient (Wildman–Crippen LogP) is 5.19. The number of methoxy groups -OCH3 is 1. The Morgan fingerprint density at radius 3 is 2.61 bits per heavy atom. The number of carbonyl (C=O) groups is 1. The highest BCUT2D eigenvalue weighted by atomic mass is 35.5. The number of aryl methyl sites for hydroxylation is 1. The summed E-state index contributed by atoms with van der Waals surface area (Å²) in [6.45, 7) is 2.97. The number of hydrogen-bond acceptors (Lipinski definition) is 6. The molecule has 2 fully saturated rings. The minimum Gasteiger partial charge on any atom is -0.480 e. The molecule has 33 heavy (non-hydrogen) atoms. The summed E-state index contributed by atoms with van der Waals surface area (Å²) < 4.78 is 23.0. The monoisotopic (exact) mass is 475 g/mol. The summed E-state index contributed by atoms with van der Waals surface area (Å²) in [5.74, 6) is -0.125. The van der Waals surface area contributed by atoms with E-state index in [1.165, 1.54) is 20.0 Å². The normalized spacial score (nSPS) is 18.3. The van der Waals surface area contributed by atoms with Gasteiger partial charge in [0, 0.05) is 24.1 Å². The van der Waals surface area contributed by atoms with Gasteiger partial charge in [-0.05, 0) is 49.1 Å². The molecule has 0 spiro atoms. The van der Waals surface area contributed by atoms with Crippen LogP contribution in [0.15, 0.2) is 24.3 Å². The van der Waals surface area contributed by atoms with Crippen molar-refractivity contribution in [3.63, 3.8) is 0 Å². The second-order valence-electron chi connectivity index (χ2n) is 8.68. The van der Waals surface area contributed by atoms with Gasteiger partial charge in [0.25, 0.3) is 0 Å². The van der Waals surface area contributed by atoms with Gasteiger partial charge in [-0.15, -0.1) is 0 Å². The number of pyridine rings is 1. The zero-order valence-corrected chi connectivity index (χ0v) is 19.8. The minimum absolute atomic E-state index is 0.229. The van der Waals surface area contributed by atoms with Crippen LogP contribution >= 0.6 is 11.6 Å². The lowest BCUT2D eigenvalue weighted by atomic mass is 9.94. The van der Waals surface area contributed by atoms with Gasteiger partial charge in [0.2, 0.25) is 11.5 Å². The van der Waals surface area contributed by atoms with Crippen LogP contribution in [0.5, 0.6) is 11.6 Å². The van der Waals surface area contributed by atoms with Crippen LogP contribution in [0.25, 0.3) is 11.1 Å². The van der Waals surface area contributed by atoms with Crippen LogP contribution in [0.1, 0.15) is 49.8 Å². The topological polar surface area (TPSA) is 87.1 Å². The van der Waals surface area contributed by atoms with Gasteiger partial charge in [0.1, 0.15) is 10.8 Å². The Morgan fingerprint density at radius 2 is 1.94 bits per heavy atom. The summed E-state index contributed by atoms with van der Waals surface area (Å²) in [5, 5.41) is 10.3. The molecule has 1 aliphatic heterocycles. The van der Waals surface area contributed by atoms with Crippen LogP contribution in [0.3, 0.4) is 0 Å². The van der Waals surface area contributed by atoms with Gasteiger partial charge in [-0.1, -0.05) is 30.5 Å². The standard InChI is InChI=1S/C25H30ClNO6/c1-16-13-21(22(26)23(27-16)30-2)20-8-7-19(14-17(20)15-32-18-5-3-4-6-18)33-25(24(28)29)9-11-31-12-10-25/h7-8,13-14,18H,3-6,9-12,15H2,1-2H3,(H,28,29). The Hall–Kier alpha value is -2.35. The summed E-state index contributed by atoms with van der Waals surface area (Å²) in [6.07, 6.45) is 5.28. The van der Waals surface area contributed by atoms with Crippen LogP contribution in [-0.4, -0.2) is 48.1 Å². The van der Waals surface area contributed by atoms with Gasteiger partial charge < -0.3 is 24.1 Å². The molecule has 0 atom stereocenters. The Kier molecular flexibility index (Phi) is 7.41. The van der Waals surface area contributed by atoms with E-state index in [9.17, 15) is 9.90 Å². The molecule has 1 aromatic carbocycles. The Balaban J connectivity index is 1.70. The van der Waals surface area contributed by atoms with Crippen molar-refractivity contribution in [2.45, 2.75) is 63.8 Å². The number of ether oxygens (including phenoxy) is 4. The summed E-state index contributed by atoms with van der Waals surface area (Å²) in [4.78, 5) is 16.4. The second-order valence-corrected chi connectivity index (χ2v) is 9.06. The van der Waals surface area contributed by atoms with Crippen LogP contribution in [0.4, 0.5) is 0 Å². The van der Waals surface area contributed by atoms with Crippen LogP contribution in [0, 0.1) is 6.92 Å². The van der Waals surface area contributed by atoms with Gasteiger partial charge in [-0.3, -0.25) is 0 Å². The second kappa shape index (κ2) is 10.3. The largest absolute Gasteiger partial charge is 0.480 e. The molecule has 1 saturated carbocycles. The third kappa shape index (κ3) is 5.26. The molecule has 1 aromatic heterocycles. The summed E-state index contributed by atoms with van der Waals surface area (Å²) in [7, 11) is 1.54. The van der Waals surface area contributed by atoms with E-state index >= 15 is 0 Å². The molecule has 8 heteroatoms. The summed E-state index contributed by atoms with van der Waals surface area (Å²) in [5.41, 5.74) is 2.03. The number of benzene rings is 1. The molecular weight excluding hydrogens is 446 g/mol. The van der Waals surface area contributed by atoms with Gasteiger partial charge in [0.05, 0.1) is 33.0 Å². The molecule has 0 radical (unpaired) electrons. The first kappa shape index (κ1) is 23.8. The first-order valence-electron chi connectivity index (χ1n) is 11.4. The fourth-order valence-corrected chi connectivity index (χ4v) is 4.80. The number of hydrogen-bond donors (Lipinski definition) is 1. The van der Waals surface area contributed by atoms with Crippen molar-refractivity contribution in [2.24, 2.45) is 0 Å². The molecule has 1 aliphatic carbocycles. The van der Waals surface area contributed by atoms with E-state index in [0.717, 1.165) is 35.2 Å². The third-order valence-electron chi connectivity index (χ3n) is 6.40. The highest BCUT2D eigenvalue weighted by Gasteiger charge is 2.43. The molecule has 2 aromatic rings. The van der Waals surface area contributed by atoms with Gasteiger partial charge in [-0.2, -0.15) is 0 Å².